The van der Waals surface area contributed by atoms with Gasteiger partial charge in [-0.05, 0) is 38.3 Å². The van der Waals surface area contributed by atoms with E-state index >= 15 is 0 Å². The molecule has 1 N–H and O–H groups in total. The highest BCUT2D eigenvalue weighted by Gasteiger charge is 2.34. The summed E-state index contributed by atoms with van der Waals surface area (Å²) in [6.07, 6.45) is 5.73. The third-order valence-corrected chi connectivity index (χ3v) is 5.16. The van der Waals surface area contributed by atoms with Crippen molar-refractivity contribution in [3.8, 4) is 0 Å². The highest BCUT2D eigenvalue weighted by molar-refractivity contribution is 7.13. The molecule has 0 aromatic carbocycles. The first-order valence-corrected chi connectivity index (χ1v) is 8.19. The summed E-state index contributed by atoms with van der Waals surface area (Å²) in [6.45, 7) is 2.57. The average molecular weight is 328 g/mol. The average Bonchev–Trinajstić information content (AvgIpc) is 3.06. The smallest absolute Gasteiger partial charge is 0.376 e. The second kappa shape index (κ2) is 7.45. The quantitative estimate of drug-likeness (QED) is 0.390. The summed E-state index contributed by atoms with van der Waals surface area (Å²) < 4.78 is 4.69. The fraction of sp³-hybridized carbons (Fsp3) is 0.500. The van der Waals surface area contributed by atoms with E-state index in [-0.39, 0.29) is 17.4 Å². The topological polar surface area (TPSA) is 49.8 Å². The van der Waals surface area contributed by atoms with E-state index in [1.165, 1.54) is 18.4 Å². The molecule has 1 saturated heterocycles. The number of alkyl halides is 1. The third kappa shape index (κ3) is 4.10. The Morgan fingerprint density at radius 3 is 3.10 bits per heavy atom. The van der Waals surface area contributed by atoms with Crippen molar-refractivity contribution in [3.05, 3.63) is 34.0 Å². The fourth-order valence-corrected chi connectivity index (χ4v) is 3.72. The molecule has 2 rings (SSSR count). The van der Waals surface area contributed by atoms with Gasteiger partial charge in [-0.2, -0.15) is 0 Å². The molecular weight excluding hydrogens is 308 g/mol. The monoisotopic (exact) mass is 327 g/mol. The van der Waals surface area contributed by atoms with Gasteiger partial charge in [0.2, 0.25) is 0 Å². The van der Waals surface area contributed by atoms with Crippen LogP contribution in [0.2, 0.25) is 6.82 Å². The molecule has 1 fully saturated rings. The molecule has 0 bridgehead atoms. The van der Waals surface area contributed by atoms with E-state index in [1.807, 2.05) is 17.0 Å². The van der Waals surface area contributed by atoms with Gasteiger partial charge < -0.3 is 14.6 Å². The van der Waals surface area contributed by atoms with Crippen LogP contribution in [0.5, 0.6) is 0 Å². The van der Waals surface area contributed by atoms with Gasteiger partial charge in [-0.25, -0.2) is 4.79 Å². The number of carbonyl (C=O) groups excluding carboxylic acids is 1. The standard InChI is InChI=1S/C14H19BClNO3S/c1-15(19)17-9-8-11(16)12(17)5-3-4-10-6-7-13(21-10)14(18)20-2/h3,5-7,11-12,19H,4,8-9H2,1-2H3/t11-,12+/m1/s1. The molecule has 0 radical (unpaired) electrons. The molecule has 1 aliphatic heterocycles. The number of hydrogen-bond acceptors (Lipinski definition) is 5. The van der Waals surface area contributed by atoms with Crippen LogP contribution in [0.1, 0.15) is 21.0 Å². The first-order chi connectivity index (χ1) is 10.0. The number of halogens is 1. The highest BCUT2D eigenvalue weighted by Crippen LogP contribution is 2.25. The van der Waals surface area contributed by atoms with Crippen molar-refractivity contribution < 1.29 is 14.6 Å². The van der Waals surface area contributed by atoms with E-state index in [9.17, 15) is 9.82 Å². The maximum atomic E-state index is 11.4. The van der Waals surface area contributed by atoms with Gasteiger partial charge in [0.25, 0.3) is 0 Å². The highest BCUT2D eigenvalue weighted by atomic mass is 35.5. The van der Waals surface area contributed by atoms with Crippen LogP contribution in [-0.2, 0) is 11.2 Å². The van der Waals surface area contributed by atoms with Gasteiger partial charge in [0.05, 0.1) is 12.5 Å². The molecule has 1 aliphatic rings. The normalized spacial score (nSPS) is 22.9. The summed E-state index contributed by atoms with van der Waals surface area (Å²) in [4.78, 5) is 15.1. The summed E-state index contributed by atoms with van der Waals surface area (Å²) >= 11 is 7.73. The minimum Gasteiger partial charge on any atom is -0.465 e. The number of ether oxygens (including phenoxy) is 1. The van der Waals surface area contributed by atoms with Crippen molar-refractivity contribution >= 4 is 36.0 Å². The van der Waals surface area contributed by atoms with Crippen LogP contribution >= 0.6 is 22.9 Å². The van der Waals surface area contributed by atoms with Crippen LogP contribution in [0.3, 0.4) is 0 Å². The molecule has 0 saturated carbocycles. The first-order valence-electron chi connectivity index (χ1n) is 6.94. The van der Waals surface area contributed by atoms with E-state index < -0.39 is 7.05 Å². The van der Waals surface area contributed by atoms with Crippen LogP contribution in [-0.4, -0.2) is 47.9 Å². The summed E-state index contributed by atoms with van der Waals surface area (Å²) in [6, 6.07) is 3.77. The van der Waals surface area contributed by atoms with Crippen LogP contribution < -0.4 is 0 Å². The largest absolute Gasteiger partial charge is 0.465 e. The maximum absolute atomic E-state index is 11.4. The number of carbonyl (C=O) groups is 1. The van der Waals surface area contributed by atoms with Crippen molar-refractivity contribution in [2.45, 2.75) is 31.1 Å². The molecule has 2 atom stereocenters. The number of rotatable bonds is 5. The summed E-state index contributed by atoms with van der Waals surface area (Å²) in [7, 11) is 0.892. The minimum atomic E-state index is -0.490. The van der Waals surface area contributed by atoms with Crippen molar-refractivity contribution in [3.63, 3.8) is 0 Å². The van der Waals surface area contributed by atoms with Crippen molar-refractivity contribution in [1.82, 2.24) is 4.81 Å². The maximum Gasteiger partial charge on any atom is 0.376 e. The number of esters is 1. The molecule has 0 spiro atoms. The number of hydrogen-bond donors (Lipinski definition) is 1. The van der Waals surface area contributed by atoms with Crippen molar-refractivity contribution in [2.75, 3.05) is 13.7 Å². The van der Waals surface area contributed by atoms with Gasteiger partial charge in [0.15, 0.2) is 0 Å². The second-order valence-corrected chi connectivity index (χ2v) is 6.78. The molecule has 0 amide bonds. The Bertz CT molecular complexity index is 520. The molecule has 0 unspecified atom stereocenters. The van der Waals surface area contributed by atoms with Gasteiger partial charge in [-0.3, -0.25) is 0 Å². The Morgan fingerprint density at radius 1 is 1.67 bits per heavy atom. The Labute approximate surface area is 134 Å². The van der Waals surface area contributed by atoms with Gasteiger partial charge in [-0.15, -0.1) is 22.9 Å². The molecule has 114 valence electrons. The number of nitrogens with zero attached hydrogens (tertiary/aromatic N) is 1. The zero-order valence-corrected chi connectivity index (χ0v) is 13.7. The number of allylic oxidation sites excluding steroid dienone is 1. The molecule has 7 heteroatoms. The predicted molar refractivity (Wildman–Crippen MR) is 87.1 cm³/mol. The van der Waals surface area contributed by atoms with Crippen LogP contribution in [0.4, 0.5) is 0 Å². The predicted octanol–water partition coefficient (Wildman–Crippen LogP) is 2.43. The lowest BCUT2D eigenvalue weighted by Gasteiger charge is -2.23. The molecule has 4 nitrogen and oxygen atoms in total. The van der Waals surface area contributed by atoms with Gasteiger partial charge in [-0.1, -0.05) is 12.2 Å². The van der Waals surface area contributed by atoms with E-state index in [0.29, 0.717) is 4.88 Å². The van der Waals surface area contributed by atoms with E-state index in [2.05, 4.69) is 6.08 Å². The molecular formula is C14H19BClNO3S. The number of thiophene rings is 1. The molecule has 1 aromatic heterocycles. The van der Waals surface area contributed by atoms with E-state index in [0.717, 1.165) is 24.3 Å². The second-order valence-electron chi connectivity index (χ2n) is 5.05. The van der Waals surface area contributed by atoms with Crippen molar-refractivity contribution in [2.24, 2.45) is 0 Å². The lowest BCUT2D eigenvalue weighted by Crippen LogP contribution is -2.41. The Kier molecular flexibility index (Phi) is 5.87. The van der Waals surface area contributed by atoms with Crippen LogP contribution in [0, 0.1) is 0 Å². The fourth-order valence-electron chi connectivity index (χ4n) is 2.49. The summed E-state index contributed by atoms with van der Waals surface area (Å²) in [5, 5.41) is 9.76. The summed E-state index contributed by atoms with van der Waals surface area (Å²) in [5.74, 6) is -0.299. The molecule has 1 aromatic rings. The SMILES string of the molecule is COC(=O)c1ccc(CC=C[C@H]2[C@H](Cl)CCN2B(C)O)s1. The van der Waals surface area contributed by atoms with E-state index in [1.54, 1.807) is 12.9 Å². The van der Waals surface area contributed by atoms with Crippen LogP contribution in [0.25, 0.3) is 0 Å². The van der Waals surface area contributed by atoms with Gasteiger partial charge >= 0.3 is 13.0 Å². The minimum absolute atomic E-state index is 0.0322. The summed E-state index contributed by atoms with van der Waals surface area (Å²) in [5.41, 5.74) is 0. The zero-order valence-electron chi connectivity index (χ0n) is 12.2. The molecule has 2 heterocycles. The van der Waals surface area contributed by atoms with Gasteiger partial charge in [0, 0.05) is 10.9 Å². The molecule has 21 heavy (non-hydrogen) atoms. The Hall–Kier alpha value is -0.815. The first kappa shape index (κ1) is 16.6. The Morgan fingerprint density at radius 2 is 2.43 bits per heavy atom. The lowest BCUT2D eigenvalue weighted by atomic mass is 9.84. The van der Waals surface area contributed by atoms with Gasteiger partial charge in [0.1, 0.15) is 4.88 Å². The lowest BCUT2D eigenvalue weighted by molar-refractivity contribution is 0.0606. The molecule has 0 aliphatic carbocycles. The van der Waals surface area contributed by atoms with Crippen molar-refractivity contribution in [1.29, 1.82) is 0 Å². The Balaban J connectivity index is 1.95. The van der Waals surface area contributed by atoms with E-state index in [4.69, 9.17) is 16.3 Å². The zero-order chi connectivity index (χ0) is 15.4. The number of methoxy groups -OCH3 is 1. The van der Waals surface area contributed by atoms with Crippen LogP contribution in [0.15, 0.2) is 24.3 Å². The third-order valence-electron chi connectivity index (χ3n) is 3.60.